The minimum Gasteiger partial charge on any atom is -0.481 e. The largest absolute Gasteiger partial charge is 0.481 e. The molecule has 0 aliphatic carbocycles. The van der Waals surface area contributed by atoms with E-state index < -0.39 is 5.97 Å². The van der Waals surface area contributed by atoms with Gasteiger partial charge in [0.2, 0.25) is 5.91 Å². The number of likely N-dealkylation sites (N-methyl/N-ethyl adjacent to an activating group) is 1. The predicted molar refractivity (Wildman–Crippen MR) is 84.4 cm³/mol. The highest BCUT2D eigenvalue weighted by Crippen LogP contribution is 2.17. The average molecular weight is 312 g/mol. The second kappa shape index (κ2) is 8.14. The minimum absolute atomic E-state index is 0.0523. The molecule has 1 aromatic heterocycles. The first-order valence-corrected chi connectivity index (χ1v) is 7.85. The molecule has 1 unspecified atom stereocenters. The lowest BCUT2D eigenvalue weighted by Crippen LogP contribution is -2.44. The Morgan fingerprint density at radius 1 is 1.29 bits per heavy atom. The summed E-state index contributed by atoms with van der Waals surface area (Å²) in [4.78, 5) is 26.3. The Kier molecular flexibility index (Phi) is 6.84. The van der Waals surface area contributed by atoms with Crippen molar-refractivity contribution in [2.24, 2.45) is 5.92 Å². The van der Waals surface area contributed by atoms with Gasteiger partial charge in [-0.15, -0.1) is 11.3 Å². The monoisotopic (exact) mass is 312 g/mol. The van der Waals surface area contributed by atoms with E-state index in [0.29, 0.717) is 12.5 Å². The summed E-state index contributed by atoms with van der Waals surface area (Å²) < 4.78 is 0. The maximum atomic E-state index is 12.1. The Labute approximate surface area is 130 Å². The fraction of sp³-hybridized carbons (Fsp3) is 0.600. The Morgan fingerprint density at radius 2 is 1.90 bits per heavy atom. The number of carbonyl (C=O) groups is 2. The second-order valence-corrected chi connectivity index (χ2v) is 6.99. The van der Waals surface area contributed by atoms with E-state index in [1.54, 1.807) is 19.0 Å². The number of nitrogens with zero attached hydrogens (tertiary/aromatic N) is 1. The molecule has 0 fully saturated rings. The standard InChI is InChI=1S/C15H24N2O3S/c1-10(2)7-13(15(20)17(3)4)16-9-12-6-5-11(21-12)8-14(18)19/h5-6,10,13,16H,7-9H2,1-4H3,(H,18,19). The topological polar surface area (TPSA) is 69.6 Å². The lowest BCUT2D eigenvalue weighted by molar-refractivity contribution is -0.136. The summed E-state index contributed by atoms with van der Waals surface area (Å²) in [5.74, 6) is -0.319. The lowest BCUT2D eigenvalue weighted by Gasteiger charge is -2.23. The van der Waals surface area contributed by atoms with Crippen LogP contribution in [0.1, 0.15) is 30.0 Å². The van der Waals surface area contributed by atoms with Gasteiger partial charge in [0.05, 0.1) is 12.5 Å². The number of carboxylic acid groups (broad SMARTS) is 1. The number of thiophene rings is 1. The van der Waals surface area contributed by atoms with E-state index in [4.69, 9.17) is 5.11 Å². The molecule has 0 aromatic carbocycles. The van der Waals surface area contributed by atoms with Gasteiger partial charge in [0.1, 0.15) is 0 Å². The van der Waals surface area contributed by atoms with Gasteiger partial charge in [0.15, 0.2) is 0 Å². The average Bonchev–Trinajstić information content (AvgIpc) is 2.79. The van der Waals surface area contributed by atoms with E-state index in [0.717, 1.165) is 16.2 Å². The van der Waals surface area contributed by atoms with Crippen molar-refractivity contribution in [1.29, 1.82) is 0 Å². The van der Waals surface area contributed by atoms with Gasteiger partial charge in [-0.3, -0.25) is 9.59 Å². The fourth-order valence-corrected chi connectivity index (χ4v) is 3.00. The molecule has 1 rings (SSSR count). The summed E-state index contributed by atoms with van der Waals surface area (Å²) in [6.45, 7) is 4.77. The van der Waals surface area contributed by atoms with Gasteiger partial charge in [-0.2, -0.15) is 0 Å². The molecule has 0 aliphatic rings. The molecular weight excluding hydrogens is 288 g/mol. The van der Waals surface area contributed by atoms with Crippen LogP contribution >= 0.6 is 11.3 Å². The summed E-state index contributed by atoms with van der Waals surface area (Å²) in [6.07, 6.45) is 0.834. The summed E-state index contributed by atoms with van der Waals surface area (Å²) in [6, 6.07) is 3.55. The van der Waals surface area contributed by atoms with Gasteiger partial charge >= 0.3 is 5.97 Å². The highest BCUT2D eigenvalue weighted by atomic mass is 32.1. The molecule has 118 valence electrons. The second-order valence-electron chi connectivity index (χ2n) is 5.73. The van der Waals surface area contributed by atoms with Gasteiger partial charge < -0.3 is 15.3 Å². The van der Waals surface area contributed by atoms with E-state index in [-0.39, 0.29) is 18.4 Å². The van der Waals surface area contributed by atoms with Crippen molar-refractivity contribution >= 4 is 23.2 Å². The molecule has 0 saturated heterocycles. The van der Waals surface area contributed by atoms with Gasteiger partial charge in [0.25, 0.3) is 0 Å². The smallest absolute Gasteiger partial charge is 0.308 e. The molecule has 1 atom stereocenters. The number of carbonyl (C=O) groups excluding carboxylic acids is 1. The van der Waals surface area contributed by atoms with Crippen LogP contribution in [-0.2, 0) is 22.6 Å². The van der Waals surface area contributed by atoms with E-state index in [2.05, 4.69) is 19.2 Å². The van der Waals surface area contributed by atoms with E-state index in [1.807, 2.05) is 12.1 Å². The van der Waals surface area contributed by atoms with Crippen LogP contribution in [0.5, 0.6) is 0 Å². The number of hydrogen-bond donors (Lipinski definition) is 2. The molecule has 0 radical (unpaired) electrons. The van der Waals surface area contributed by atoms with E-state index in [1.165, 1.54) is 11.3 Å². The van der Waals surface area contributed by atoms with Gasteiger partial charge in [-0.25, -0.2) is 0 Å². The molecule has 0 bridgehead atoms. The van der Waals surface area contributed by atoms with Crippen LogP contribution in [0.3, 0.4) is 0 Å². The van der Waals surface area contributed by atoms with Crippen molar-refractivity contribution in [2.75, 3.05) is 14.1 Å². The third kappa shape index (κ3) is 6.27. The Bertz CT molecular complexity index is 483. The van der Waals surface area contributed by atoms with Gasteiger partial charge in [0, 0.05) is 30.4 Å². The van der Waals surface area contributed by atoms with E-state index >= 15 is 0 Å². The number of amides is 1. The Balaban J connectivity index is 2.61. The van der Waals surface area contributed by atoms with Crippen LogP contribution in [-0.4, -0.2) is 42.0 Å². The zero-order valence-electron chi connectivity index (χ0n) is 13.0. The molecule has 0 saturated carbocycles. The molecule has 0 aliphatic heterocycles. The first kappa shape index (κ1) is 17.7. The van der Waals surface area contributed by atoms with Crippen LogP contribution in [0, 0.1) is 5.92 Å². The summed E-state index contributed by atoms with van der Waals surface area (Å²) in [7, 11) is 3.51. The summed E-state index contributed by atoms with van der Waals surface area (Å²) >= 11 is 1.47. The van der Waals surface area contributed by atoms with Crippen molar-refractivity contribution in [3.05, 3.63) is 21.9 Å². The SMILES string of the molecule is CC(C)CC(NCc1ccc(CC(=O)O)s1)C(=O)N(C)C. The predicted octanol–water partition coefficient (Wildman–Crippen LogP) is 1.97. The quantitative estimate of drug-likeness (QED) is 0.770. The zero-order chi connectivity index (χ0) is 16.0. The van der Waals surface area contributed by atoms with Crippen molar-refractivity contribution in [1.82, 2.24) is 10.2 Å². The van der Waals surface area contributed by atoms with Crippen LogP contribution < -0.4 is 5.32 Å². The van der Waals surface area contributed by atoms with Crippen LogP contribution in [0.2, 0.25) is 0 Å². The first-order chi connectivity index (χ1) is 9.79. The van der Waals surface area contributed by atoms with E-state index in [9.17, 15) is 9.59 Å². The molecule has 21 heavy (non-hydrogen) atoms. The molecular formula is C15H24N2O3S. The van der Waals surface area contributed by atoms with Crippen molar-refractivity contribution in [3.63, 3.8) is 0 Å². The number of rotatable bonds is 8. The lowest BCUT2D eigenvalue weighted by atomic mass is 10.0. The highest BCUT2D eigenvalue weighted by Gasteiger charge is 2.21. The normalized spacial score (nSPS) is 12.4. The number of carboxylic acids is 1. The molecule has 2 N–H and O–H groups in total. The number of nitrogens with one attached hydrogen (secondary N) is 1. The zero-order valence-corrected chi connectivity index (χ0v) is 13.9. The molecule has 1 heterocycles. The minimum atomic E-state index is -0.822. The summed E-state index contributed by atoms with van der Waals surface area (Å²) in [5, 5.41) is 12.1. The maximum Gasteiger partial charge on any atom is 0.308 e. The molecule has 5 nitrogen and oxygen atoms in total. The molecule has 1 amide bonds. The van der Waals surface area contributed by atoms with Crippen LogP contribution in [0.15, 0.2) is 12.1 Å². The van der Waals surface area contributed by atoms with Crippen molar-refractivity contribution < 1.29 is 14.7 Å². The van der Waals surface area contributed by atoms with Crippen LogP contribution in [0.25, 0.3) is 0 Å². The molecule has 6 heteroatoms. The van der Waals surface area contributed by atoms with Crippen molar-refractivity contribution in [2.45, 2.75) is 39.3 Å². The Morgan fingerprint density at radius 3 is 2.43 bits per heavy atom. The Hall–Kier alpha value is -1.40. The third-order valence-corrected chi connectivity index (χ3v) is 4.10. The first-order valence-electron chi connectivity index (χ1n) is 7.03. The van der Waals surface area contributed by atoms with Crippen LogP contribution in [0.4, 0.5) is 0 Å². The third-order valence-electron chi connectivity index (χ3n) is 3.01. The molecule has 1 aromatic rings. The maximum absolute atomic E-state index is 12.1. The van der Waals surface area contributed by atoms with Crippen molar-refractivity contribution in [3.8, 4) is 0 Å². The fourth-order valence-electron chi connectivity index (χ4n) is 2.04. The highest BCUT2D eigenvalue weighted by molar-refractivity contribution is 7.12. The summed E-state index contributed by atoms with van der Waals surface area (Å²) in [5.41, 5.74) is 0. The molecule has 0 spiro atoms. The van der Waals surface area contributed by atoms with Gasteiger partial charge in [-0.05, 0) is 24.5 Å². The van der Waals surface area contributed by atoms with Gasteiger partial charge in [-0.1, -0.05) is 13.8 Å². The number of aliphatic carboxylic acids is 1. The number of hydrogen-bond acceptors (Lipinski definition) is 4.